The van der Waals surface area contributed by atoms with Crippen LogP contribution in [0.15, 0.2) is 0 Å². The zero-order chi connectivity index (χ0) is 8.97. The second kappa shape index (κ2) is 4.45. The maximum absolute atomic E-state index is 11.0. The number of carbonyl (C=O) groups excluding carboxylic acids is 1. The Morgan fingerprint density at radius 3 is 2.92 bits per heavy atom. The molecule has 0 aromatic carbocycles. The summed E-state index contributed by atoms with van der Waals surface area (Å²) in [7, 11) is 0. The van der Waals surface area contributed by atoms with Gasteiger partial charge in [0, 0.05) is 20.0 Å². The zero-order valence-electron chi connectivity index (χ0n) is 7.97. The van der Waals surface area contributed by atoms with E-state index in [-0.39, 0.29) is 5.91 Å². The molecule has 70 valence electrons. The first kappa shape index (κ1) is 9.52. The van der Waals surface area contributed by atoms with Gasteiger partial charge in [-0.15, -0.1) is 0 Å². The van der Waals surface area contributed by atoms with E-state index in [4.69, 9.17) is 0 Å². The summed E-state index contributed by atoms with van der Waals surface area (Å²) < 4.78 is 0. The summed E-state index contributed by atoms with van der Waals surface area (Å²) >= 11 is 0. The van der Waals surface area contributed by atoms with E-state index in [1.165, 1.54) is 0 Å². The Hall–Kier alpha value is -0.570. The third-order valence-corrected chi connectivity index (χ3v) is 2.41. The fraction of sp³-hybridized carbons (Fsp3) is 0.889. The molecule has 1 heterocycles. The molecule has 0 aromatic heterocycles. The number of hydrogen-bond donors (Lipinski definition) is 1. The van der Waals surface area contributed by atoms with Gasteiger partial charge in [-0.05, 0) is 25.4 Å². The lowest BCUT2D eigenvalue weighted by Crippen LogP contribution is -2.29. The molecule has 1 N–H and O–H groups in total. The van der Waals surface area contributed by atoms with Crippen LogP contribution in [0.1, 0.15) is 20.3 Å². The fourth-order valence-corrected chi connectivity index (χ4v) is 1.63. The lowest BCUT2D eigenvalue weighted by Gasteiger charge is -2.13. The summed E-state index contributed by atoms with van der Waals surface area (Å²) in [4.78, 5) is 12.9. The predicted molar refractivity (Wildman–Crippen MR) is 48.9 cm³/mol. The van der Waals surface area contributed by atoms with Gasteiger partial charge in [0.2, 0.25) is 5.91 Å². The zero-order valence-corrected chi connectivity index (χ0v) is 7.97. The van der Waals surface area contributed by atoms with Crippen molar-refractivity contribution in [3.63, 3.8) is 0 Å². The van der Waals surface area contributed by atoms with Crippen LogP contribution in [0.4, 0.5) is 0 Å². The SMILES string of the molecule is CCNC[C@@H]1CCN(C(C)=O)C1. The van der Waals surface area contributed by atoms with Crippen LogP contribution in [-0.4, -0.2) is 37.0 Å². The number of hydrogen-bond acceptors (Lipinski definition) is 2. The van der Waals surface area contributed by atoms with Crippen molar-refractivity contribution < 1.29 is 4.79 Å². The first-order chi connectivity index (χ1) is 5.74. The Bertz CT molecular complexity index is 159. The molecule has 1 aliphatic heterocycles. The molecule has 0 spiro atoms. The minimum atomic E-state index is 0.217. The van der Waals surface area contributed by atoms with Crippen molar-refractivity contribution in [3.05, 3.63) is 0 Å². The van der Waals surface area contributed by atoms with Crippen molar-refractivity contribution in [3.8, 4) is 0 Å². The molecule has 0 radical (unpaired) electrons. The molecule has 1 amide bonds. The first-order valence-corrected chi connectivity index (χ1v) is 4.70. The average Bonchev–Trinajstić information content (AvgIpc) is 2.48. The Balaban J connectivity index is 2.21. The topological polar surface area (TPSA) is 32.3 Å². The highest BCUT2D eigenvalue weighted by molar-refractivity contribution is 5.73. The van der Waals surface area contributed by atoms with Crippen LogP contribution in [0, 0.1) is 5.92 Å². The van der Waals surface area contributed by atoms with Gasteiger partial charge in [-0.25, -0.2) is 0 Å². The molecule has 0 aliphatic carbocycles. The van der Waals surface area contributed by atoms with Crippen molar-refractivity contribution in [2.75, 3.05) is 26.2 Å². The van der Waals surface area contributed by atoms with Gasteiger partial charge in [0.1, 0.15) is 0 Å². The maximum atomic E-state index is 11.0. The van der Waals surface area contributed by atoms with Gasteiger partial charge in [-0.2, -0.15) is 0 Å². The van der Waals surface area contributed by atoms with Crippen molar-refractivity contribution >= 4 is 5.91 Å². The van der Waals surface area contributed by atoms with Gasteiger partial charge >= 0.3 is 0 Å². The second-order valence-electron chi connectivity index (χ2n) is 3.43. The van der Waals surface area contributed by atoms with Crippen molar-refractivity contribution in [1.82, 2.24) is 10.2 Å². The van der Waals surface area contributed by atoms with Crippen LogP contribution in [-0.2, 0) is 4.79 Å². The smallest absolute Gasteiger partial charge is 0.219 e. The van der Waals surface area contributed by atoms with E-state index >= 15 is 0 Å². The first-order valence-electron chi connectivity index (χ1n) is 4.70. The molecule has 1 aliphatic rings. The van der Waals surface area contributed by atoms with Gasteiger partial charge in [-0.1, -0.05) is 6.92 Å². The number of likely N-dealkylation sites (tertiary alicyclic amines) is 1. The molecule has 1 fully saturated rings. The minimum absolute atomic E-state index is 0.217. The Morgan fingerprint density at radius 1 is 1.67 bits per heavy atom. The largest absolute Gasteiger partial charge is 0.343 e. The standard InChI is InChI=1S/C9H18N2O/c1-3-10-6-9-4-5-11(7-9)8(2)12/h9-10H,3-7H2,1-2H3/t9-/m0/s1. The quantitative estimate of drug-likeness (QED) is 0.667. The Morgan fingerprint density at radius 2 is 2.42 bits per heavy atom. The molecule has 1 saturated heterocycles. The normalized spacial score (nSPS) is 23.2. The summed E-state index contributed by atoms with van der Waals surface area (Å²) in [5, 5.41) is 3.31. The highest BCUT2D eigenvalue weighted by Gasteiger charge is 2.23. The van der Waals surface area contributed by atoms with Gasteiger partial charge in [0.05, 0.1) is 0 Å². The summed E-state index contributed by atoms with van der Waals surface area (Å²) in [6, 6.07) is 0. The predicted octanol–water partition coefficient (Wildman–Crippen LogP) is 0.464. The molecule has 3 nitrogen and oxygen atoms in total. The van der Waals surface area contributed by atoms with Crippen LogP contribution < -0.4 is 5.32 Å². The van der Waals surface area contributed by atoms with Crippen LogP contribution in [0.2, 0.25) is 0 Å². The number of nitrogens with one attached hydrogen (secondary N) is 1. The fourth-order valence-electron chi connectivity index (χ4n) is 1.63. The van der Waals surface area contributed by atoms with Gasteiger partial charge in [-0.3, -0.25) is 4.79 Å². The molecule has 12 heavy (non-hydrogen) atoms. The molecular weight excluding hydrogens is 152 g/mol. The van der Waals surface area contributed by atoms with Crippen LogP contribution in [0.25, 0.3) is 0 Å². The van der Waals surface area contributed by atoms with Gasteiger partial charge in [0.15, 0.2) is 0 Å². The highest BCUT2D eigenvalue weighted by Crippen LogP contribution is 2.14. The van der Waals surface area contributed by atoms with E-state index in [1.807, 2.05) is 4.90 Å². The molecule has 0 saturated carbocycles. The third kappa shape index (κ3) is 2.48. The van der Waals surface area contributed by atoms with Crippen molar-refractivity contribution in [1.29, 1.82) is 0 Å². The highest BCUT2D eigenvalue weighted by atomic mass is 16.2. The van der Waals surface area contributed by atoms with E-state index in [9.17, 15) is 4.79 Å². The summed E-state index contributed by atoms with van der Waals surface area (Å²) in [6.07, 6.45) is 1.16. The van der Waals surface area contributed by atoms with E-state index in [2.05, 4.69) is 12.2 Å². The lowest BCUT2D eigenvalue weighted by molar-refractivity contribution is -0.127. The average molecular weight is 170 g/mol. The van der Waals surface area contributed by atoms with Gasteiger partial charge < -0.3 is 10.2 Å². The molecule has 3 heteroatoms. The number of amides is 1. The summed E-state index contributed by atoms with van der Waals surface area (Å²) in [6.45, 7) is 7.73. The van der Waals surface area contributed by atoms with E-state index < -0.39 is 0 Å². The second-order valence-corrected chi connectivity index (χ2v) is 3.43. The number of rotatable bonds is 3. The summed E-state index contributed by atoms with van der Waals surface area (Å²) in [5.41, 5.74) is 0. The lowest BCUT2D eigenvalue weighted by atomic mass is 10.1. The molecule has 0 aromatic rings. The third-order valence-electron chi connectivity index (χ3n) is 2.41. The van der Waals surface area contributed by atoms with Crippen LogP contribution in [0.5, 0.6) is 0 Å². The van der Waals surface area contributed by atoms with E-state index in [0.717, 1.165) is 32.6 Å². The molecule has 0 unspecified atom stereocenters. The van der Waals surface area contributed by atoms with Crippen LogP contribution in [0.3, 0.4) is 0 Å². The van der Waals surface area contributed by atoms with E-state index in [1.54, 1.807) is 6.92 Å². The van der Waals surface area contributed by atoms with Crippen molar-refractivity contribution in [2.45, 2.75) is 20.3 Å². The maximum Gasteiger partial charge on any atom is 0.219 e. The Labute approximate surface area is 74.1 Å². The molecule has 1 atom stereocenters. The molecule has 1 rings (SSSR count). The number of carbonyl (C=O) groups is 1. The summed E-state index contributed by atoms with van der Waals surface area (Å²) in [5.74, 6) is 0.892. The monoisotopic (exact) mass is 170 g/mol. The molecular formula is C9H18N2O. The molecule has 0 bridgehead atoms. The number of nitrogens with zero attached hydrogens (tertiary/aromatic N) is 1. The van der Waals surface area contributed by atoms with Crippen molar-refractivity contribution in [2.24, 2.45) is 5.92 Å². The van der Waals surface area contributed by atoms with Gasteiger partial charge in [0.25, 0.3) is 0 Å². The van der Waals surface area contributed by atoms with Crippen LogP contribution >= 0.6 is 0 Å². The Kier molecular flexibility index (Phi) is 3.53. The minimum Gasteiger partial charge on any atom is -0.343 e. The van der Waals surface area contributed by atoms with E-state index in [0.29, 0.717) is 5.92 Å².